The molecule has 0 aliphatic heterocycles. The highest BCUT2D eigenvalue weighted by Crippen LogP contribution is 2.29. The molecule has 1 N–H and O–H groups in total. The Bertz CT molecular complexity index is 1470. The molecule has 9 heteroatoms. The van der Waals surface area contributed by atoms with E-state index in [1.807, 2.05) is 26.0 Å². The highest BCUT2D eigenvalue weighted by atomic mass is 32.2. The first-order chi connectivity index (χ1) is 20.1. The van der Waals surface area contributed by atoms with Crippen molar-refractivity contribution in [3.05, 3.63) is 95.3 Å². The monoisotopic (exact) mass is 593 g/mol. The second-order valence-electron chi connectivity index (χ2n) is 11.0. The van der Waals surface area contributed by atoms with E-state index in [4.69, 9.17) is 0 Å². The van der Waals surface area contributed by atoms with E-state index < -0.39 is 34.3 Å². The van der Waals surface area contributed by atoms with E-state index in [1.54, 1.807) is 43.3 Å². The third kappa shape index (κ3) is 7.56. The second kappa shape index (κ2) is 14.0. The van der Waals surface area contributed by atoms with Crippen LogP contribution in [0.15, 0.2) is 77.7 Å². The largest absolute Gasteiger partial charge is 0.352 e. The summed E-state index contributed by atoms with van der Waals surface area (Å²) in [4.78, 5) is 29.3. The van der Waals surface area contributed by atoms with Gasteiger partial charge in [0, 0.05) is 12.6 Å². The molecule has 4 rings (SSSR count). The summed E-state index contributed by atoms with van der Waals surface area (Å²) in [6, 6.07) is 18.5. The Morgan fingerprint density at radius 1 is 0.952 bits per heavy atom. The summed E-state index contributed by atoms with van der Waals surface area (Å²) >= 11 is 0. The quantitative estimate of drug-likeness (QED) is 0.300. The number of amides is 2. The van der Waals surface area contributed by atoms with Gasteiger partial charge in [0.1, 0.15) is 18.4 Å². The van der Waals surface area contributed by atoms with Crippen LogP contribution in [0, 0.1) is 19.7 Å². The lowest BCUT2D eigenvalue weighted by Gasteiger charge is -2.34. The van der Waals surface area contributed by atoms with Gasteiger partial charge in [0.2, 0.25) is 11.8 Å². The van der Waals surface area contributed by atoms with Gasteiger partial charge in [-0.05, 0) is 80.1 Å². The minimum absolute atomic E-state index is 0.0295. The number of nitrogens with zero attached hydrogens (tertiary/aromatic N) is 2. The van der Waals surface area contributed by atoms with Crippen LogP contribution in [-0.4, -0.2) is 43.8 Å². The number of anilines is 1. The van der Waals surface area contributed by atoms with Crippen molar-refractivity contribution >= 4 is 27.5 Å². The van der Waals surface area contributed by atoms with Gasteiger partial charge in [-0.3, -0.25) is 13.9 Å². The predicted octanol–water partition coefficient (Wildman–Crippen LogP) is 5.89. The van der Waals surface area contributed by atoms with Gasteiger partial charge in [-0.2, -0.15) is 0 Å². The Kier molecular flexibility index (Phi) is 10.4. The Hall–Kier alpha value is -3.72. The van der Waals surface area contributed by atoms with Gasteiger partial charge in [0.15, 0.2) is 0 Å². The van der Waals surface area contributed by atoms with Crippen LogP contribution in [0.2, 0.25) is 0 Å². The number of hydrogen-bond donors (Lipinski definition) is 1. The van der Waals surface area contributed by atoms with E-state index in [2.05, 4.69) is 5.32 Å². The maximum Gasteiger partial charge on any atom is 0.264 e. The van der Waals surface area contributed by atoms with Crippen LogP contribution in [0.1, 0.15) is 62.1 Å². The molecule has 0 saturated heterocycles. The van der Waals surface area contributed by atoms with Crippen molar-refractivity contribution in [2.24, 2.45) is 0 Å². The van der Waals surface area contributed by atoms with Gasteiger partial charge in [-0.15, -0.1) is 0 Å². The highest BCUT2D eigenvalue weighted by Gasteiger charge is 2.35. The van der Waals surface area contributed by atoms with E-state index in [1.165, 1.54) is 29.2 Å². The maximum atomic E-state index is 14.2. The molecule has 42 heavy (non-hydrogen) atoms. The van der Waals surface area contributed by atoms with Crippen LogP contribution in [0.5, 0.6) is 0 Å². The fourth-order valence-corrected chi connectivity index (χ4v) is 6.96. The summed E-state index contributed by atoms with van der Waals surface area (Å²) in [6.07, 6.45) is 5.35. The van der Waals surface area contributed by atoms with Gasteiger partial charge >= 0.3 is 0 Å². The molecule has 3 aromatic carbocycles. The average molecular weight is 594 g/mol. The lowest BCUT2D eigenvalue weighted by atomic mass is 9.95. The number of benzene rings is 3. The summed E-state index contributed by atoms with van der Waals surface area (Å²) in [5.41, 5.74) is 2.57. The molecule has 1 saturated carbocycles. The number of carbonyl (C=O) groups excluding carboxylic acids is 2. The first-order valence-corrected chi connectivity index (χ1v) is 16.0. The zero-order chi connectivity index (χ0) is 30.3. The van der Waals surface area contributed by atoms with Crippen LogP contribution >= 0.6 is 0 Å². The number of aryl methyl sites for hydroxylation is 2. The van der Waals surface area contributed by atoms with E-state index in [0.717, 1.165) is 42.0 Å². The van der Waals surface area contributed by atoms with Gasteiger partial charge in [-0.25, -0.2) is 12.8 Å². The van der Waals surface area contributed by atoms with Crippen molar-refractivity contribution in [1.29, 1.82) is 0 Å². The molecule has 0 bridgehead atoms. The fourth-order valence-electron chi connectivity index (χ4n) is 5.47. The topological polar surface area (TPSA) is 86.8 Å². The second-order valence-corrected chi connectivity index (χ2v) is 12.9. The van der Waals surface area contributed by atoms with Gasteiger partial charge in [0.25, 0.3) is 10.0 Å². The summed E-state index contributed by atoms with van der Waals surface area (Å²) < 4.78 is 42.9. The van der Waals surface area contributed by atoms with E-state index in [-0.39, 0.29) is 23.4 Å². The molecule has 0 spiro atoms. The molecule has 0 unspecified atom stereocenters. The average Bonchev–Trinajstić information content (AvgIpc) is 2.99. The Morgan fingerprint density at radius 3 is 2.26 bits per heavy atom. The predicted molar refractivity (Wildman–Crippen MR) is 163 cm³/mol. The number of nitrogens with one attached hydrogen (secondary N) is 1. The highest BCUT2D eigenvalue weighted by molar-refractivity contribution is 7.92. The summed E-state index contributed by atoms with van der Waals surface area (Å²) in [5, 5.41) is 3.13. The number of hydrogen-bond acceptors (Lipinski definition) is 4. The molecule has 0 aromatic heterocycles. The molecule has 2 amide bonds. The smallest absolute Gasteiger partial charge is 0.264 e. The first kappa shape index (κ1) is 31.2. The number of carbonyl (C=O) groups is 2. The standard InChI is InChI=1S/C33H40FN3O4S/c1-4-30(33(39)35-28-11-7-5-8-12-28)36(22-26-17-19-27(34)20-18-26)32(38)23-37(31-21-24(2)15-16-25(31)3)42(40,41)29-13-9-6-10-14-29/h6,9-10,13-21,28,30H,4-5,7-8,11-12,22-23H2,1-3H3,(H,35,39)/t30-/m0/s1. The zero-order valence-electron chi connectivity index (χ0n) is 24.6. The fraction of sp³-hybridized carbons (Fsp3) is 0.394. The third-order valence-electron chi connectivity index (χ3n) is 7.85. The molecular formula is C33H40FN3O4S. The molecule has 1 aliphatic carbocycles. The minimum Gasteiger partial charge on any atom is -0.352 e. The third-order valence-corrected chi connectivity index (χ3v) is 9.62. The van der Waals surface area contributed by atoms with Gasteiger partial charge < -0.3 is 10.2 Å². The van der Waals surface area contributed by atoms with Gasteiger partial charge in [0.05, 0.1) is 10.6 Å². The SMILES string of the molecule is CC[C@@H](C(=O)NC1CCCCC1)N(Cc1ccc(F)cc1)C(=O)CN(c1cc(C)ccc1C)S(=O)(=O)c1ccccc1. The number of halogens is 1. The van der Waals surface area contributed by atoms with Crippen molar-refractivity contribution in [2.45, 2.75) is 82.8 Å². The molecule has 1 fully saturated rings. The first-order valence-electron chi connectivity index (χ1n) is 14.6. The van der Waals surface area contributed by atoms with Crippen LogP contribution in [0.4, 0.5) is 10.1 Å². The zero-order valence-corrected chi connectivity index (χ0v) is 25.4. The molecule has 0 radical (unpaired) electrons. The molecule has 1 atom stereocenters. The number of sulfonamides is 1. The van der Waals surface area contributed by atoms with Crippen molar-refractivity contribution in [3.63, 3.8) is 0 Å². The lowest BCUT2D eigenvalue weighted by molar-refractivity contribution is -0.140. The van der Waals surface area contributed by atoms with Crippen molar-refractivity contribution < 1.29 is 22.4 Å². The number of rotatable bonds is 11. The molecule has 3 aromatic rings. The van der Waals surface area contributed by atoms with Crippen LogP contribution in [0.25, 0.3) is 0 Å². The Balaban J connectivity index is 1.72. The molecule has 7 nitrogen and oxygen atoms in total. The maximum absolute atomic E-state index is 14.2. The van der Waals surface area contributed by atoms with E-state index >= 15 is 0 Å². The molecular weight excluding hydrogens is 553 g/mol. The molecule has 1 aliphatic rings. The van der Waals surface area contributed by atoms with Crippen LogP contribution < -0.4 is 9.62 Å². The Labute approximate surface area is 248 Å². The summed E-state index contributed by atoms with van der Waals surface area (Å²) in [7, 11) is -4.14. The van der Waals surface area contributed by atoms with Crippen LogP contribution in [-0.2, 0) is 26.2 Å². The van der Waals surface area contributed by atoms with Crippen molar-refractivity contribution in [2.75, 3.05) is 10.8 Å². The Morgan fingerprint density at radius 2 is 1.62 bits per heavy atom. The lowest BCUT2D eigenvalue weighted by Crippen LogP contribution is -2.54. The molecule has 0 heterocycles. The van der Waals surface area contributed by atoms with Gasteiger partial charge in [-0.1, -0.05) is 68.7 Å². The normalized spacial score (nSPS) is 14.7. The van der Waals surface area contributed by atoms with Crippen molar-refractivity contribution in [1.82, 2.24) is 10.2 Å². The molecule has 224 valence electrons. The van der Waals surface area contributed by atoms with Crippen LogP contribution in [0.3, 0.4) is 0 Å². The minimum atomic E-state index is -4.14. The van der Waals surface area contributed by atoms with Crippen molar-refractivity contribution in [3.8, 4) is 0 Å². The van der Waals surface area contributed by atoms with E-state index in [9.17, 15) is 22.4 Å². The summed E-state index contributed by atoms with van der Waals surface area (Å²) in [6.45, 7) is 5.02. The summed E-state index contributed by atoms with van der Waals surface area (Å²) in [5.74, 6) is -1.19. The van der Waals surface area contributed by atoms with E-state index in [0.29, 0.717) is 23.2 Å².